The van der Waals surface area contributed by atoms with Gasteiger partial charge in [0.25, 0.3) is 0 Å². The highest BCUT2D eigenvalue weighted by molar-refractivity contribution is 7.89. The molecule has 10 heteroatoms. The van der Waals surface area contributed by atoms with Crippen molar-refractivity contribution in [1.82, 2.24) is 9.71 Å². The first-order chi connectivity index (χ1) is 14.3. The smallest absolute Gasteiger partial charge is 0.324 e. The summed E-state index contributed by atoms with van der Waals surface area (Å²) in [4.78, 5) is 16.6. The number of aromatic nitrogens is 1. The summed E-state index contributed by atoms with van der Waals surface area (Å²) < 4.78 is 50.3. The van der Waals surface area contributed by atoms with Crippen LogP contribution in [0.4, 0.5) is 4.39 Å². The Morgan fingerprint density at radius 2 is 1.83 bits per heavy atom. The molecule has 7 nitrogen and oxygen atoms in total. The number of halogens is 1. The van der Waals surface area contributed by atoms with Gasteiger partial charge in [-0.05, 0) is 55.5 Å². The Labute approximate surface area is 177 Å². The third kappa shape index (κ3) is 5.41. The van der Waals surface area contributed by atoms with Gasteiger partial charge in [-0.25, -0.2) is 17.8 Å². The zero-order chi connectivity index (χ0) is 21.7. The largest absolute Gasteiger partial charge is 0.497 e. The lowest BCUT2D eigenvalue weighted by atomic mass is 10.2. The molecular formula is C20H19FN2O5S2. The number of ether oxygens (including phenoxy) is 2. The minimum atomic E-state index is -3.90. The molecule has 3 aromatic rings. The normalized spacial score (nSPS) is 12.4. The van der Waals surface area contributed by atoms with Crippen LogP contribution in [0.5, 0.6) is 5.75 Å². The number of sulfonamides is 1. The van der Waals surface area contributed by atoms with Gasteiger partial charge in [-0.15, -0.1) is 11.3 Å². The summed E-state index contributed by atoms with van der Waals surface area (Å²) in [7, 11) is -2.42. The third-order valence-corrected chi connectivity index (χ3v) is 6.56. The van der Waals surface area contributed by atoms with Crippen molar-refractivity contribution < 1.29 is 27.1 Å². The maximum absolute atomic E-state index is 13.0. The van der Waals surface area contributed by atoms with Gasteiger partial charge in [0.1, 0.15) is 29.2 Å². The lowest BCUT2D eigenvalue weighted by Gasteiger charge is -2.13. The highest BCUT2D eigenvalue weighted by Gasteiger charge is 2.23. The zero-order valence-electron chi connectivity index (χ0n) is 16.2. The van der Waals surface area contributed by atoms with E-state index in [-0.39, 0.29) is 17.3 Å². The van der Waals surface area contributed by atoms with Crippen molar-refractivity contribution in [2.75, 3.05) is 7.11 Å². The number of carbonyl (C=O) groups is 1. The molecule has 0 saturated carbocycles. The van der Waals surface area contributed by atoms with Crippen molar-refractivity contribution in [3.63, 3.8) is 0 Å². The number of rotatable bonds is 8. The molecule has 1 aromatic heterocycles. The van der Waals surface area contributed by atoms with E-state index in [1.54, 1.807) is 17.5 Å². The van der Waals surface area contributed by atoms with Gasteiger partial charge in [0.2, 0.25) is 10.0 Å². The fraction of sp³-hybridized carbons (Fsp3) is 0.200. The van der Waals surface area contributed by atoms with Gasteiger partial charge < -0.3 is 9.47 Å². The summed E-state index contributed by atoms with van der Waals surface area (Å²) in [6.07, 6.45) is 0. The molecule has 158 valence electrons. The highest BCUT2D eigenvalue weighted by Crippen LogP contribution is 2.24. The Morgan fingerprint density at radius 3 is 2.47 bits per heavy atom. The number of methoxy groups -OCH3 is 1. The first-order valence-corrected chi connectivity index (χ1v) is 11.2. The average molecular weight is 451 g/mol. The van der Waals surface area contributed by atoms with Crippen molar-refractivity contribution in [2.45, 2.75) is 24.5 Å². The predicted octanol–water partition coefficient (Wildman–Crippen LogP) is 3.37. The van der Waals surface area contributed by atoms with Crippen molar-refractivity contribution in [3.8, 4) is 16.3 Å². The summed E-state index contributed by atoms with van der Waals surface area (Å²) in [5.74, 6) is -0.552. The maximum atomic E-state index is 13.0. The monoisotopic (exact) mass is 450 g/mol. The van der Waals surface area contributed by atoms with E-state index in [0.717, 1.165) is 5.56 Å². The number of nitrogens with one attached hydrogen (secondary N) is 1. The van der Waals surface area contributed by atoms with Crippen molar-refractivity contribution in [1.29, 1.82) is 0 Å². The fourth-order valence-corrected chi connectivity index (χ4v) is 4.47. The minimum Gasteiger partial charge on any atom is -0.497 e. The fourth-order valence-electron chi connectivity index (χ4n) is 2.47. The van der Waals surface area contributed by atoms with Crippen molar-refractivity contribution >= 4 is 27.3 Å². The number of carbonyl (C=O) groups excluding carboxylic acids is 1. The molecule has 0 fully saturated rings. The molecule has 2 aromatic carbocycles. The number of thiazole rings is 1. The molecule has 0 radical (unpaired) electrons. The van der Waals surface area contributed by atoms with E-state index in [2.05, 4.69) is 9.71 Å². The molecule has 0 bridgehead atoms. The third-order valence-electron chi connectivity index (χ3n) is 4.06. The number of hydrogen-bond donors (Lipinski definition) is 1. The zero-order valence-corrected chi connectivity index (χ0v) is 17.8. The highest BCUT2D eigenvalue weighted by atomic mass is 32.2. The van der Waals surface area contributed by atoms with E-state index in [1.807, 2.05) is 0 Å². The van der Waals surface area contributed by atoms with Crippen LogP contribution in [0.15, 0.2) is 58.8 Å². The Balaban J connectivity index is 1.57. The summed E-state index contributed by atoms with van der Waals surface area (Å²) in [5, 5.41) is 2.38. The van der Waals surface area contributed by atoms with Crippen LogP contribution in [0.2, 0.25) is 0 Å². The topological polar surface area (TPSA) is 94.6 Å². The van der Waals surface area contributed by atoms with Crippen LogP contribution < -0.4 is 9.46 Å². The average Bonchev–Trinajstić information content (AvgIpc) is 3.21. The maximum Gasteiger partial charge on any atom is 0.324 e. The van der Waals surface area contributed by atoms with E-state index >= 15 is 0 Å². The molecule has 1 heterocycles. The Hall–Kier alpha value is -2.82. The lowest BCUT2D eigenvalue weighted by molar-refractivity contribution is -0.146. The Morgan fingerprint density at radius 1 is 1.17 bits per heavy atom. The molecule has 3 rings (SSSR count). The van der Waals surface area contributed by atoms with Gasteiger partial charge in [0, 0.05) is 10.9 Å². The van der Waals surface area contributed by atoms with Crippen molar-refractivity contribution in [3.05, 3.63) is 65.4 Å². The van der Waals surface area contributed by atoms with Gasteiger partial charge in [-0.2, -0.15) is 4.72 Å². The van der Waals surface area contributed by atoms with Gasteiger partial charge in [-0.3, -0.25) is 4.79 Å². The molecule has 0 saturated heterocycles. The first kappa shape index (κ1) is 21.9. The Kier molecular flexibility index (Phi) is 6.80. The second-order valence-corrected chi connectivity index (χ2v) is 8.85. The standard InChI is InChI=1S/C20H19FN2O5S2/c1-13(23-30(25,26)18-9-7-17(27-2)8-10-18)20(24)28-11-16-12-29-19(22-16)14-3-5-15(21)6-4-14/h3-10,12-13,23H,11H2,1-2H3/t13-/m0/s1. The van der Waals surface area contributed by atoms with Gasteiger partial charge >= 0.3 is 5.97 Å². The van der Waals surface area contributed by atoms with Crippen molar-refractivity contribution in [2.24, 2.45) is 0 Å². The summed E-state index contributed by atoms with van der Waals surface area (Å²) in [6, 6.07) is 10.6. The van der Waals surface area contributed by atoms with Crippen LogP contribution in [0, 0.1) is 5.82 Å². The SMILES string of the molecule is COc1ccc(S(=O)(=O)N[C@@H](C)C(=O)OCc2csc(-c3ccc(F)cc3)n2)cc1. The van der Waals surface area contributed by atoms with Crippen LogP contribution >= 0.6 is 11.3 Å². The van der Waals surface area contributed by atoms with Gasteiger partial charge in [0.15, 0.2) is 0 Å². The van der Waals surface area contributed by atoms with E-state index in [1.165, 1.54) is 61.8 Å². The molecule has 0 unspecified atom stereocenters. The lowest BCUT2D eigenvalue weighted by Crippen LogP contribution is -2.39. The molecule has 0 amide bonds. The first-order valence-electron chi connectivity index (χ1n) is 8.82. The summed E-state index contributed by atoms with van der Waals surface area (Å²) >= 11 is 1.33. The molecule has 0 spiro atoms. The molecule has 30 heavy (non-hydrogen) atoms. The second kappa shape index (κ2) is 9.33. The quantitative estimate of drug-likeness (QED) is 0.529. The molecule has 0 aliphatic carbocycles. The predicted molar refractivity (Wildman–Crippen MR) is 110 cm³/mol. The van der Waals surface area contributed by atoms with Gasteiger partial charge in [-0.1, -0.05) is 0 Å². The van der Waals surface area contributed by atoms with E-state index in [0.29, 0.717) is 16.5 Å². The molecule has 1 atom stereocenters. The van der Waals surface area contributed by atoms with Crippen LogP contribution in [-0.2, 0) is 26.2 Å². The van der Waals surface area contributed by atoms with Crippen LogP contribution in [0.1, 0.15) is 12.6 Å². The van der Waals surface area contributed by atoms with Crippen LogP contribution in [-0.4, -0.2) is 32.5 Å². The molecule has 0 aliphatic rings. The van der Waals surface area contributed by atoms with Gasteiger partial charge in [0.05, 0.1) is 17.7 Å². The van der Waals surface area contributed by atoms with Crippen LogP contribution in [0.3, 0.4) is 0 Å². The minimum absolute atomic E-state index is 0.00592. The Bertz CT molecular complexity index is 1110. The van der Waals surface area contributed by atoms with E-state index < -0.39 is 22.0 Å². The summed E-state index contributed by atoms with van der Waals surface area (Å²) in [5.41, 5.74) is 1.26. The summed E-state index contributed by atoms with van der Waals surface area (Å²) in [6.45, 7) is 1.29. The molecule has 1 N–H and O–H groups in total. The molecular weight excluding hydrogens is 431 g/mol. The number of nitrogens with zero attached hydrogens (tertiary/aromatic N) is 1. The number of esters is 1. The van der Waals surface area contributed by atoms with Crippen LogP contribution in [0.25, 0.3) is 10.6 Å². The number of benzene rings is 2. The molecule has 0 aliphatic heterocycles. The van der Waals surface area contributed by atoms with E-state index in [9.17, 15) is 17.6 Å². The number of hydrogen-bond acceptors (Lipinski definition) is 7. The van der Waals surface area contributed by atoms with E-state index in [4.69, 9.17) is 9.47 Å². The second-order valence-electron chi connectivity index (χ2n) is 6.28.